The first-order chi connectivity index (χ1) is 17.9. The molecule has 0 bridgehead atoms. The molecule has 206 valence electrons. The number of hydrogen-bond donors (Lipinski definition) is 3. The zero-order chi connectivity index (χ0) is 28.1. The van der Waals surface area contributed by atoms with Gasteiger partial charge in [-0.2, -0.15) is 14.8 Å². The van der Waals surface area contributed by atoms with Crippen LogP contribution in [0.1, 0.15) is 27.0 Å². The van der Waals surface area contributed by atoms with Gasteiger partial charge in [0.05, 0.1) is 18.9 Å². The third-order valence-electron chi connectivity index (χ3n) is 5.10. The quantitative estimate of drug-likeness (QED) is 0.207. The first kappa shape index (κ1) is 29.5. The van der Waals surface area contributed by atoms with Gasteiger partial charge in [0.25, 0.3) is 0 Å². The number of nitrogen functional groups attached to an aromatic ring is 1. The number of nitrogens with two attached hydrogens (primary N) is 2. The maximum Gasteiger partial charge on any atom is 0.530 e. The number of benzene rings is 1. The predicted molar refractivity (Wildman–Crippen MR) is 134 cm³/mol. The van der Waals surface area contributed by atoms with E-state index in [9.17, 15) is 19.3 Å². The number of phosphoric ester groups is 1. The molecule has 1 aliphatic rings. The van der Waals surface area contributed by atoms with Gasteiger partial charge in [-0.1, -0.05) is 24.1 Å². The number of carbonyl (C=O) groups is 1. The molecule has 3 rings (SSSR count). The van der Waals surface area contributed by atoms with E-state index >= 15 is 0 Å². The standard InChI is InChI=1S/C22H27ClN5O9P/c1-13(2)34-19(30)14(3)36-38(32,37-15-7-5-4-6-8-15)33-12-16-18(29)22(25,9-10-23)20(35-16)28-21(31)27-17(24)11-26-28/h4-8,11,13-14,16,18,20,29H,12,25H2,1-3H3,(H2,24,27,31)/t14-,16+,18-,20+,22?,38-/m0/s1. The number of nitrogens with zero attached hydrogens (tertiary/aromatic N) is 3. The lowest BCUT2D eigenvalue weighted by Gasteiger charge is -2.26. The van der Waals surface area contributed by atoms with Gasteiger partial charge in [0, 0.05) is 5.38 Å². The van der Waals surface area contributed by atoms with E-state index in [1.807, 2.05) is 0 Å². The summed E-state index contributed by atoms with van der Waals surface area (Å²) in [6.45, 7) is 3.93. The molecule has 2 aromatic rings. The number of halogens is 1. The number of para-hydroxylation sites is 1. The lowest BCUT2D eigenvalue weighted by Crippen LogP contribution is -2.55. The minimum Gasteiger partial charge on any atom is -0.461 e. The van der Waals surface area contributed by atoms with Crippen LogP contribution in [0.4, 0.5) is 5.82 Å². The maximum atomic E-state index is 13.6. The Hall–Kier alpha value is -3.02. The predicted octanol–water partition coefficient (Wildman–Crippen LogP) is 0.936. The van der Waals surface area contributed by atoms with Gasteiger partial charge in [0.1, 0.15) is 23.8 Å². The molecule has 1 aromatic heterocycles. The average Bonchev–Trinajstić information content (AvgIpc) is 3.08. The second kappa shape index (κ2) is 12.2. The molecular formula is C22H27ClN5O9P. The Morgan fingerprint density at radius 3 is 2.63 bits per heavy atom. The molecule has 2 heterocycles. The van der Waals surface area contributed by atoms with Crippen molar-refractivity contribution in [2.24, 2.45) is 5.73 Å². The molecule has 0 amide bonds. The van der Waals surface area contributed by atoms with Crippen LogP contribution in [-0.4, -0.2) is 62.4 Å². The van der Waals surface area contributed by atoms with Crippen LogP contribution in [0, 0.1) is 11.3 Å². The highest BCUT2D eigenvalue weighted by atomic mass is 35.5. The van der Waals surface area contributed by atoms with Crippen LogP contribution >= 0.6 is 19.4 Å². The fourth-order valence-electron chi connectivity index (χ4n) is 3.35. The van der Waals surface area contributed by atoms with Gasteiger partial charge in [-0.25, -0.2) is 14.2 Å². The summed E-state index contributed by atoms with van der Waals surface area (Å²) in [7, 11) is -4.55. The van der Waals surface area contributed by atoms with Gasteiger partial charge >= 0.3 is 19.5 Å². The minimum absolute atomic E-state index is 0.107. The Bertz CT molecular complexity index is 1300. The van der Waals surface area contributed by atoms with Crippen molar-refractivity contribution in [2.45, 2.75) is 57.0 Å². The van der Waals surface area contributed by atoms with Crippen molar-refractivity contribution in [1.29, 1.82) is 0 Å². The summed E-state index contributed by atoms with van der Waals surface area (Å²) in [5, 5.41) is 16.9. The lowest BCUT2D eigenvalue weighted by molar-refractivity contribution is -0.156. The van der Waals surface area contributed by atoms with Crippen molar-refractivity contribution in [3.63, 3.8) is 0 Å². The Labute approximate surface area is 222 Å². The van der Waals surface area contributed by atoms with Gasteiger partial charge in [0.15, 0.2) is 17.9 Å². The molecule has 1 saturated heterocycles. The Morgan fingerprint density at radius 2 is 2.03 bits per heavy atom. The van der Waals surface area contributed by atoms with Crippen molar-refractivity contribution >= 4 is 31.2 Å². The summed E-state index contributed by atoms with van der Waals surface area (Å²) >= 11 is 5.55. The summed E-state index contributed by atoms with van der Waals surface area (Å²) in [6, 6.07) is 7.90. The van der Waals surface area contributed by atoms with E-state index < -0.39 is 62.3 Å². The van der Waals surface area contributed by atoms with Crippen LogP contribution < -0.4 is 21.7 Å². The molecule has 0 saturated carbocycles. The van der Waals surface area contributed by atoms with E-state index in [0.717, 1.165) is 10.9 Å². The smallest absolute Gasteiger partial charge is 0.461 e. The van der Waals surface area contributed by atoms with Crippen LogP contribution in [0.25, 0.3) is 0 Å². The second-order valence-electron chi connectivity index (χ2n) is 8.41. The molecule has 0 aliphatic carbocycles. The summed E-state index contributed by atoms with van der Waals surface area (Å²) in [6.07, 6.45) is -5.21. The SMILES string of the molecule is CC(C)OC(=O)[C@H](C)O[P@](=O)(OC[C@H]1O[C@@H](n2ncc(N)nc2=O)C(N)(C#CCl)[C@H]1O)Oc1ccccc1. The molecule has 5 N–H and O–H groups in total. The Kier molecular flexibility index (Phi) is 9.50. The number of rotatable bonds is 10. The zero-order valence-corrected chi connectivity index (χ0v) is 22.2. The highest BCUT2D eigenvalue weighted by Crippen LogP contribution is 2.51. The van der Waals surface area contributed by atoms with Crippen molar-refractivity contribution in [2.75, 3.05) is 12.3 Å². The Morgan fingerprint density at radius 1 is 1.34 bits per heavy atom. The first-order valence-electron chi connectivity index (χ1n) is 11.2. The van der Waals surface area contributed by atoms with E-state index in [-0.39, 0.29) is 11.6 Å². The average molecular weight is 572 g/mol. The number of esters is 1. The number of aliphatic hydroxyl groups excluding tert-OH is 1. The number of aliphatic hydroxyl groups is 1. The van der Waals surface area contributed by atoms with Crippen LogP contribution in [0.3, 0.4) is 0 Å². The topological polar surface area (TPSA) is 200 Å². The number of anilines is 1. The Balaban J connectivity index is 1.86. The van der Waals surface area contributed by atoms with E-state index in [1.165, 1.54) is 19.1 Å². The van der Waals surface area contributed by atoms with Crippen molar-refractivity contribution in [1.82, 2.24) is 14.8 Å². The van der Waals surface area contributed by atoms with Gasteiger partial charge in [-0.05, 0) is 44.5 Å². The molecule has 0 spiro atoms. The largest absolute Gasteiger partial charge is 0.530 e. The van der Waals surface area contributed by atoms with Gasteiger partial charge < -0.3 is 30.6 Å². The molecule has 38 heavy (non-hydrogen) atoms. The number of carbonyl (C=O) groups excluding carboxylic acids is 1. The fourth-order valence-corrected chi connectivity index (χ4v) is 4.86. The zero-order valence-electron chi connectivity index (χ0n) is 20.6. The molecule has 16 heteroatoms. The third kappa shape index (κ3) is 6.89. The summed E-state index contributed by atoms with van der Waals surface area (Å²) in [5.41, 5.74) is 8.86. The van der Waals surface area contributed by atoms with Crippen molar-refractivity contribution in [3.8, 4) is 17.0 Å². The van der Waals surface area contributed by atoms with E-state index in [4.69, 9.17) is 46.1 Å². The number of hydrogen-bond acceptors (Lipinski definition) is 13. The lowest BCUT2D eigenvalue weighted by atomic mass is 9.92. The van der Waals surface area contributed by atoms with E-state index in [2.05, 4.69) is 21.4 Å². The maximum absolute atomic E-state index is 13.6. The fraction of sp³-hybridized carbons (Fsp3) is 0.455. The van der Waals surface area contributed by atoms with Crippen LogP contribution in [0.5, 0.6) is 5.75 Å². The third-order valence-corrected chi connectivity index (χ3v) is 6.67. The summed E-state index contributed by atoms with van der Waals surface area (Å²) in [4.78, 5) is 28.2. The molecule has 1 aliphatic heterocycles. The summed E-state index contributed by atoms with van der Waals surface area (Å²) < 4.78 is 41.4. The van der Waals surface area contributed by atoms with E-state index in [1.54, 1.807) is 32.0 Å². The van der Waals surface area contributed by atoms with Gasteiger partial charge in [-0.15, -0.1) is 0 Å². The molecular weight excluding hydrogens is 545 g/mol. The van der Waals surface area contributed by atoms with Gasteiger partial charge in [-0.3, -0.25) is 9.05 Å². The minimum atomic E-state index is -4.55. The highest BCUT2D eigenvalue weighted by molar-refractivity contribution is 7.49. The normalized spacial score (nSPS) is 25.2. The number of ether oxygens (including phenoxy) is 2. The van der Waals surface area contributed by atoms with Crippen LogP contribution in [0.15, 0.2) is 41.3 Å². The van der Waals surface area contributed by atoms with Gasteiger partial charge in [0.2, 0.25) is 0 Å². The molecule has 0 radical (unpaired) electrons. The van der Waals surface area contributed by atoms with Crippen molar-refractivity contribution < 1.29 is 37.5 Å². The van der Waals surface area contributed by atoms with E-state index in [0.29, 0.717) is 0 Å². The monoisotopic (exact) mass is 571 g/mol. The summed E-state index contributed by atoms with van der Waals surface area (Å²) in [5.74, 6) is 1.55. The highest BCUT2D eigenvalue weighted by Gasteiger charge is 2.56. The molecule has 6 atom stereocenters. The van der Waals surface area contributed by atoms with Crippen LogP contribution in [-0.2, 0) is 27.9 Å². The number of aromatic nitrogens is 3. The second-order valence-corrected chi connectivity index (χ2v) is 10.1. The van der Waals surface area contributed by atoms with Crippen molar-refractivity contribution in [3.05, 3.63) is 47.0 Å². The van der Waals surface area contributed by atoms with Crippen LogP contribution in [0.2, 0.25) is 0 Å². The molecule has 1 aromatic carbocycles. The molecule has 1 unspecified atom stereocenters. The number of phosphoric acid groups is 1. The molecule has 1 fully saturated rings. The molecule has 14 nitrogen and oxygen atoms in total. The first-order valence-corrected chi connectivity index (χ1v) is 13.1.